The third-order valence-corrected chi connectivity index (χ3v) is 7.14. The van der Waals surface area contributed by atoms with Crippen LogP contribution >= 0.6 is 15.9 Å². The van der Waals surface area contributed by atoms with E-state index in [2.05, 4.69) is 39.4 Å². The SMILES string of the molecule is CCCN(CCC)CCCNS(=O)(=O)c1cc2c(cc1Br)CCN2C(C)=O. The van der Waals surface area contributed by atoms with Gasteiger partial charge in [-0.3, -0.25) is 4.79 Å². The molecule has 0 aliphatic carbocycles. The highest BCUT2D eigenvalue weighted by Crippen LogP contribution is 2.35. The first-order chi connectivity index (χ1) is 12.8. The van der Waals surface area contributed by atoms with E-state index in [0.717, 1.165) is 50.9 Å². The van der Waals surface area contributed by atoms with Gasteiger partial charge >= 0.3 is 0 Å². The first-order valence-corrected chi connectivity index (χ1v) is 11.9. The Bertz CT molecular complexity index is 762. The van der Waals surface area contributed by atoms with Crippen LogP contribution < -0.4 is 9.62 Å². The summed E-state index contributed by atoms with van der Waals surface area (Å²) < 4.78 is 28.8. The molecule has 1 aromatic rings. The van der Waals surface area contributed by atoms with Crippen LogP contribution in [0.1, 0.15) is 45.6 Å². The van der Waals surface area contributed by atoms with Gasteiger partial charge in [-0.2, -0.15) is 0 Å². The summed E-state index contributed by atoms with van der Waals surface area (Å²) in [5.74, 6) is -0.0701. The number of amides is 1. The zero-order valence-corrected chi connectivity index (χ0v) is 18.8. The number of fused-ring (bicyclic) bond motifs is 1. The number of anilines is 1. The van der Waals surface area contributed by atoms with Crippen LogP contribution in [0.15, 0.2) is 21.5 Å². The molecule has 0 fully saturated rings. The normalized spacial score (nSPS) is 14.0. The van der Waals surface area contributed by atoms with Crippen molar-refractivity contribution in [3.63, 3.8) is 0 Å². The Labute approximate surface area is 171 Å². The fourth-order valence-corrected chi connectivity index (χ4v) is 5.66. The molecule has 6 nitrogen and oxygen atoms in total. The minimum atomic E-state index is -3.64. The average molecular weight is 460 g/mol. The Morgan fingerprint density at radius 3 is 2.48 bits per heavy atom. The molecule has 1 N–H and O–H groups in total. The first-order valence-electron chi connectivity index (χ1n) is 9.62. The van der Waals surface area contributed by atoms with Gasteiger partial charge in [0.05, 0.1) is 4.90 Å². The number of hydrogen-bond donors (Lipinski definition) is 1. The maximum Gasteiger partial charge on any atom is 0.241 e. The average Bonchev–Trinajstić information content (AvgIpc) is 3.01. The van der Waals surface area contributed by atoms with Crippen molar-refractivity contribution in [1.29, 1.82) is 0 Å². The van der Waals surface area contributed by atoms with Crippen molar-refractivity contribution in [2.75, 3.05) is 37.6 Å². The topological polar surface area (TPSA) is 69.7 Å². The quantitative estimate of drug-likeness (QED) is 0.545. The standard InChI is InChI=1S/C19H30BrN3O3S/c1-4-9-22(10-5-2)11-6-8-21-27(25,26)19-14-18-16(13-17(19)20)7-12-23(18)15(3)24/h13-14,21H,4-12H2,1-3H3. The van der Waals surface area contributed by atoms with E-state index in [0.29, 0.717) is 23.2 Å². The number of nitrogens with one attached hydrogen (secondary N) is 1. The lowest BCUT2D eigenvalue weighted by molar-refractivity contribution is -0.116. The van der Waals surface area contributed by atoms with Gasteiger partial charge in [-0.25, -0.2) is 13.1 Å². The van der Waals surface area contributed by atoms with Crippen LogP contribution in [0.3, 0.4) is 0 Å². The van der Waals surface area contributed by atoms with Crippen LogP contribution in [-0.2, 0) is 21.2 Å². The van der Waals surface area contributed by atoms with Crippen molar-refractivity contribution in [2.24, 2.45) is 0 Å². The fraction of sp³-hybridized carbons (Fsp3) is 0.632. The Kier molecular flexibility index (Phi) is 8.27. The Morgan fingerprint density at radius 1 is 1.22 bits per heavy atom. The second-order valence-electron chi connectivity index (χ2n) is 6.92. The third kappa shape index (κ3) is 5.76. The molecular formula is C19H30BrN3O3S. The zero-order valence-electron chi connectivity index (χ0n) is 16.4. The molecule has 1 aliphatic heterocycles. The number of hydrogen-bond acceptors (Lipinski definition) is 4. The minimum Gasteiger partial charge on any atom is -0.312 e. The van der Waals surface area contributed by atoms with Crippen molar-refractivity contribution in [2.45, 2.75) is 51.3 Å². The number of carbonyl (C=O) groups is 1. The molecule has 2 rings (SSSR count). The number of nitrogens with zero attached hydrogens (tertiary/aromatic N) is 2. The lowest BCUT2D eigenvalue weighted by atomic mass is 10.2. The van der Waals surface area contributed by atoms with Gasteiger partial charge in [0.15, 0.2) is 0 Å². The van der Waals surface area contributed by atoms with Gasteiger partial charge < -0.3 is 9.80 Å². The van der Waals surface area contributed by atoms with Crippen molar-refractivity contribution in [3.05, 3.63) is 22.2 Å². The van der Waals surface area contributed by atoms with E-state index >= 15 is 0 Å². The molecule has 1 heterocycles. The summed E-state index contributed by atoms with van der Waals surface area (Å²) in [6.07, 6.45) is 3.70. The summed E-state index contributed by atoms with van der Waals surface area (Å²) >= 11 is 3.39. The van der Waals surface area contributed by atoms with Crippen LogP contribution in [0.5, 0.6) is 0 Å². The Hall–Kier alpha value is -0.960. The predicted molar refractivity (Wildman–Crippen MR) is 113 cm³/mol. The van der Waals surface area contributed by atoms with E-state index in [1.165, 1.54) is 6.92 Å². The zero-order chi connectivity index (χ0) is 20.0. The molecule has 1 aliphatic rings. The monoisotopic (exact) mass is 459 g/mol. The van der Waals surface area contributed by atoms with Crippen molar-refractivity contribution < 1.29 is 13.2 Å². The number of rotatable bonds is 10. The van der Waals surface area contributed by atoms with Crippen molar-refractivity contribution >= 4 is 37.5 Å². The van der Waals surface area contributed by atoms with E-state index < -0.39 is 10.0 Å². The van der Waals surface area contributed by atoms with Gasteiger partial charge in [-0.15, -0.1) is 0 Å². The smallest absolute Gasteiger partial charge is 0.241 e. The van der Waals surface area contributed by atoms with Gasteiger partial charge in [0, 0.05) is 30.2 Å². The molecule has 1 aromatic carbocycles. The van der Waals surface area contributed by atoms with Crippen LogP contribution in [0, 0.1) is 0 Å². The maximum absolute atomic E-state index is 12.8. The Balaban J connectivity index is 2.04. The van der Waals surface area contributed by atoms with Crippen LogP contribution in [0.25, 0.3) is 0 Å². The Morgan fingerprint density at radius 2 is 1.89 bits per heavy atom. The lowest BCUT2D eigenvalue weighted by Crippen LogP contribution is -2.31. The van der Waals surface area contributed by atoms with E-state index in [1.54, 1.807) is 11.0 Å². The summed E-state index contributed by atoms with van der Waals surface area (Å²) in [5.41, 5.74) is 1.69. The molecule has 27 heavy (non-hydrogen) atoms. The minimum absolute atomic E-state index is 0.0701. The number of benzene rings is 1. The van der Waals surface area contributed by atoms with Gasteiger partial charge in [-0.1, -0.05) is 13.8 Å². The van der Waals surface area contributed by atoms with Crippen molar-refractivity contribution in [1.82, 2.24) is 9.62 Å². The van der Waals surface area contributed by atoms with Gasteiger partial charge in [0.1, 0.15) is 0 Å². The van der Waals surface area contributed by atoms with Crippen LogP contribution in [-0.4, -0.2) is 51.9 Å². The van der Waals surface area contributed by atoms with E-state index in [1.807, 2.05) is 6.07 Å². The molecule has 0 atom stereocenters. The third-order valence-electron chi connectivity index (χ3n) is 4.72. The maximum atomic E-state index is 12.8. The molecule has 8 heteroatoms. The largest absolute Gasteiger partial charge is 0.312 e. The van der Waals surface area contributed by atoms with Crippen LogP contribution in [0.4, 0.5) is 5.69 Å². The molecule has 152 valence electrons. The predicted octanol–water partition coefficient (Wildman–Crippen LogP) is 3.15. The molecule has 0 saturated heterocycles. The molecule has 0 radical (unpaired) electrons. The molecular weight excluding hydrogens is 430 g/mol. The number of halogens is 1. The highest BCUT2D eigenvalue weighted by molar-refractivity contribution is 9.10. The molecule has 0 unspecified atom stereocenters. The highest BCUT2D eigenvalue weighted by atomic mass is 79.9. The second-order valence-corrected chi connectivity index (χ2v) is 9.51. The van der Waals surface area contributed by atoms with E-state index in [-0.39, 0.29) is 10.8 Å². The summed E-state index contributed by atoms with van der Waals surface area (Å²) in [5, 5.41) is 0. The van der Waals surface area contributed by atoms with Gasteiger partial charge in [-0.05, 0) is 78.9 Å². The molecule has 0 bridgehead atoms. The fourth-order valence-electron chi connectivity index (χ4n) is 3.48. The molecule has 1 amide bonds. The van der Waals surface area contributed by atoms with Gasteiger partial charge in [0.25, 0.3) is 0 Å². The highest BCUT2D eigenvalue weighted by Gasteiger charge is 2.27. The van der Waals surface area contributed by atoms with E-state index in [4.69, 9.17) is 0 Å². The number of sulfonamides is 1. The summed E-state index contributed by atoms with van der Waals surface area (Å²) in [6, 6.07) is 3.42. The molecule has 0 saturated carbocycles. The summed E-state index contributed by atoms with van der Waals surface area (Å²) in [6.45, 7) is 9.76. The summed E-state index contributed by atoms with van der Waals surface area (Å²) in [4.78, 5) is 16.0. The number of carbonyl (C=O) groups excluding carboxylic acids is 1. The van der Waals surface area contributed by atoms with Gasteiger partial charge in [0.2, 0.25) is 15.9 Å². The molecule has 0 spiro atoms. The second kappa shape index (κ2) is 10.0. The molecule has 0 aromatic heterocycles. The first kappa shape index (κ1) is 22.3. The van der Waals surface area contributed by atoms with E-state index in [9.17, 15) is 13.2 Å². The lowest BCUT2D eigenvalue weighted by Gasteiger charge is -2.21. The summed E-state index contributed by atoms with van der Waals surface area (Å²) in [7, 11) is -3.64. The van der Waals surface area contributed by atoms with Crippen molar-refractivity contribution in [3.8, 4) is 0 Å². The van der Waals surface area contributed by atoms with Crippen LogP contribution in [0.2, 0.25) is 0 Å².